The van der Waals surface area contributed by atoms with Crippen LogP contribution in [0.3, 0.4) is 0 Å². The largest absolute Gasteiger partial charge is 0.481 e. The number of likely N-dealkylation sites (tertiary alicyclic amines) is 1. The molecule has 0 aromatic rings. The van der Waals surface area contributed by atoms with Crippen LogP contribution in [-0.4, -0.2) is 48.3 Å². The smallest absolute Gasteiger partial charge is 0.307 e. The highest BCUT2D eigenvalue weighted by molar-refractivity contribution is 5.70. The highest BCUT2D eigenvalue weighted by Crippen LogP contribution is 2.21. The van der Waals surface area contributed by atoms with Gasteiger partial charge < -0.3 is 9.84 Å². The van der Waals surface area contributed by atoms with Crippen molar-refractivity contribution in [1.82, 2.24) is 4.90 Å². The quantitative estimate of drug-likeness (QED) is 0.706. The van der Waals surface area contributed by atoms with Gasteiger partial charge in [-0.05, 0) is 19.4 Å². The summed E-state index contributed by atoms with van der Waals surface area (Å²) in [6.07, 6.45) is 3.00. The van der Waals surface area contributed by atoms with E-state index in [1.165, 1.54) is 0 Å². The van der Waals surface area contributed by atoms with Gasteiger partial charge in [-0.15, -0.1) is 0 Å². The maximum atomic E-state index is 10.9. The molecule has 0 amide bonds. The first-order valence-corrected chi connectivity index (χ1v) is 5.32. The van der Waals surface area contributed by atoms with Crippen molar-refractivity contribution in [2.45, 2.75) is 25.3 Å². The average Bonchev–Trinajstić information content (AvgIpc) is 2.26. The van der Waals surface area contributed by atoms with Crippen molar-refractivity contribution < 1.29 is 14.6 Å². The van der Waals surface area contributed by atoms with Gasteiger partial charge in [-0.1, -0.05) is 6.42 Å². The van der Waals surface area contributed by atoms with Crippen LogP contribution in [0, 0.1) is 5.92 Å². The predicted octanol–water partition coefficient (Wildman–Crippen LogP) is 0.572. The molecule has 2 rings (SSSR count). The van der Waals surface area contributed by atoms with Gasteiger partial charge in [0.2, 0.25) is 0 Å². The molecule has 0 bridgehead atoms. The second-order valence-electron chi connectivity index (χ2n) is 4.22. The molecule has 0 spiro atoms. The van der Waals surface area contributed by atoms with E-state index in [0.29, 0.717) is 12.6 Å². The molecule has 2 aliphatic heterocycles. The van der Waals surface area contributed by atoms with E-state index >= 15 is 0 Å². The second kappa shape index (κ2) is 4.28. The number of ether oxygens (including phenoxy) is 1. The molecule has 80 valence electrons. The van der Waals surface area contributed by atoms with Crippen molar-refractivity contribution in [2.75, 3.05) is 26.3 Å². The number of hydrogen-bond donors (Lipinski definition) is 1. The van der Waals surface area contributed by atoms with Gasteiger partial charge in [0.15, 0.2) is 0 Å². The topological polar surface area (TPSA) is 49.8 Å². The Morgan fingerprint density at radius 2 is 2.14 bits per heavy atom. The predicted molar refractivity (Wildman–Crippen MR) is 51.2 cm³/mol. The van der Waals surface area contributed by atoms with Crippen LogP contribution in [0.5, 0.6) is 0 Å². The fraction of sp³-hybridized carbons (Fsp3) is 0.900. The molecular formula is C10H17NO3. The normalized spacial score (nSPS) is 30.7. The summed E-state index contributed by atoms with van der Waals surface area (Å²) in [6.45, 7) is 3.32. The number of rotatable bonds is 2. The van der Waals surface area contributed by atoms with Crippen molar-refractivity contribution in [3.05, 3.63) is 0 Å². The molecule has 2 saturated heterocycles. The van der Waals surface area contributed by atoms with Crippen LogP contribution in [-0.2, 0) is 9.53 Å². The Morgan fingerprint density at radius 3 is 2.71 bits per heavy atom. The van der Waals surface area contributed by atoms with Gasteiger partial charge in [0.05, 0.1) is 25.2 Å². The summed E-state index contributed by atoms with van der Waals surface area (Å²) in [4.78, 5) is 13.2. The number of nitrogens with zero attached hydrogens (tertiary/aromatic N) is 1. The highest BCUT2D eigenvalue weighted by Gasteiger charge is 2.31. The van der Waals surface area contributed by atoms with Crippen molar-refractivity contribution in [1.29, 1.82) is 0 Å². The molecular weight excluding hydrogens is 182 g/mol. The van der Waals surface area contributed by atoms with Crippen LogP contribution in [0.1, 0.15) is 19.3 Å². The fourth-order valence-corrected chi connectivity index (χ4v) is 2.14. The fourth-order valence-electron chi connectivity index (χ4n) is 2.14. The maximum absolute atomic E-state index is 10.9. The Bertz CT molecular complexity index is 215. The summed E-state index contributed by atoms with van der Waals surface area (Å²) in [5, 5.41) is 9.00. The van der Waals surface area contributed by atoms with Crippen LogP contribution in [0.2, 0.25) is 0 Å². The van der Waals surface area contributed by atoms with E-state index < -0.39 is 5.97 Å². The minimum absolute atomic E-state index is 0.168. The first-order chi connectivity index (χ1) is 6.77. The second-order valence-corrected chi connectivity index (χ2v) is 4.22. The van der Waals surface area contributed by atoms with Gasteiger partial charge in [-0.2, -0.15) is 0 Å². The summed E-state index contributed by atoms with van der Waals surface area (Å²) in [7, 11) is 0. The number of aliphatic carboxylic acids is 1. The summed E-state index contributed by atoms with van der Waals surface area (Å²) in [5.41, 5.74) is 0. The van der Waals surface area contributed by atoms with E-state index in [1.54, 1.807) is 0 Å². The first kappa shape index (κ1) is 9.93. The van der Waals surface area contributed by atoms with E-state index in [1.807, 2.05) is 0 Å². The van der Waals surface area contributed by atoms with Gasteiger partial charge >= 0.3 is 5.97 Å². The number of carbonyl (C=O) groups is 1. The lowest BCUT2D eigenvalue weighted by Crippen LogP contribution is -2.50. The van der Waals surface area contributed by atoms with Crippen LogP contribution in [0.4, 0.5) is 0 Å². The summed E-state index contributed by atoms with van der Waals surface area (Å²) in [6, 6.07) is 0.481. The van der Waals surface area contributed by atoms with Crippen LogP contribution in [0.25, 0.3) is 0 Å². The van der Waals surface area contributed by atoms with E-state index in [2.05, 4.69) is 4.90 Å². The van der Waals surface area contributed by atoms with E-state index in [-0.39, 0.29) is 5.92 Å². The minimum atomic E-state index is -0.642. The molecule has 14 heavy (non-hydrogen) atoms. The van der Waals surface area contributed by atoms with Crippen molar-refractivity contribution in [3.8, 4) is 0 Å². The lowest BCUT2D eigenvalue weighted by Gasteiger charge is -2.37. The van der Waals surface area contributed by atoms with Crippen LogP contribution < -0.4 is 0 Å². The van der Waals surface area contributed by atoms with Crippen LogP contribution in [0.15, 0.2) is 0 Å². The molecule has 2 aliphatic rings. The van der Waals surface area contributed by atoms with Gasteiger partial charge in [-0.25, -0.2) is 0 Å². The zero-order chi connectivity index (χ0) is 9.97. The van der Waals surface area contributed by atoms with Crippen molar-refractivity contribution in [2.24, 2.45) is 5.92 Å². The highest BCUT2D eigenvalue weighted by atomic mass is 16.5. The number of carboxylic acid groups (broad SMARTS) is 1. The molecule has 4 heteroatoms. The zero-order valence-electron chi connectivity index (χ0n) is 8.32. The minimum Gasteiger partial charge on any atom is -0.481 e. The third-order valence-electron chi connectivity index (χ3n) is 3.19. The monoisotopic (exact) mass is 199 g/mol. The average molecular weight is 199 g/mol. The Hall–Kier alpha value is -0.610. The maximum Gasteiger partial charge on any atom is 0.307 e. The van der Waals surface area contributed by atoms with Gasteiger partial charge in [0.1, 0.15) is 0 Å². The standard InChI is InChI=1S/C10H17NO3/c12-10(13)8-3-1-2-4-11(5-8)9-6-14-7-9/h8-9H,1-7H2,(H,12,13). The Kier molecular flexibility index (Phi) is 3.03. The number of hydrogen-bond acceptors (Lipinski definition) is 3. The zero-order valence-corrected chi connectivity index (χ0v) is 8.32. The van der Waals surface area contributed by atoms with E-state index in [4.69, 9.17) is 9.84 Å². The Morgan fingerprint density at radius 1 is 1.36 bits per heavy atom. The third kappa shape index (κ3) is 2.07. The molecule has 2 heterocycles. The van der Waals surface area contributed by atoms with Crippen LogP contribution >= 0.6 is 0 Å². The molecule has 0 aromatic heterocycles. The lowest BCUT2D eigenvalue weighted by molar-refractivity contribution is -0.143. The van der Waals surface area contributed by atoms with Crippen molar-refractivity contribution in [3.63, 3.8) is 0 Å². The first-order valence-electron chi connectivity index (χ1n) is 5.32. The van der Waals surface area contributed by atoms with Crippen molar-refractivity contribution >= 4 is 5.97 Å². The Labute approximate surface area is 83.8 Å². The molecule has 0 radical (unpaired) electrons. The van der Waals surface area contributed by atoms with Gasteiger partial charge in [0, 0.05) is 6.54 Å². The van der Waals surface area contributed by atoms with Gasteiger partial charge in [-0.3, -0.25) is 9.69 Å². The SMILES string of the molecule is O=C(O)C1CCCCN(C2COC2)C1. The lowest BCUT2D eigenvalue weighted by atomic mass is 10.0. The summed E-state index contributed by atoms with van der Waals surface area (Å²) >= 11 is 0. The molecule has 1 atom stereocenters. The van der Waals surface area contributed by atoms with E-state index in [9.17, 15) is 4.79 Å². The Balaban J connectivity index is 1.92. The molecule has 0 aliphatic carbocycles. The molecule has 2 fully saturated rings. The molecule has 1 N–H and O–H groups in total. The summed E-state index contributed by atoms with van der Waals surface area (Å²) < 4.78 is 5.14. The third-order valence-corrected chi connectivity index (χ3v) is 3.19. The summed E-state index contributed by atoms with van der Waals surface area (Å²) in [5.74, 6) is -0.810. The molecule has 4 nitrogen and oxygen atoms in total. The molecule has 1 unspecified atom stereocenters. The molecule has 0 aromatic carbocycles. The van der Waals surface area contributed by atoms with Gasteiger partial charge in [0.25, 0.3) is 0 Å². The van der Waals surface area contributed by atoms with E-state index in [0.717, 1.165) is 39.0 Å². The molecule has 0 saturated carbocycles. The number of carboxylic acids is 1.